The van der Waals surface area contributed by atoms with E-state index in [4.69, 9.17) is 9.47 Å². The number of likely N-dealkylation sites (N-methyl/N-ethyl adjacent to an activating group) is 1. The van der Waals surface area contributed by atoms with Crippen molar-refractivity contribution >= 4 is 23.6 Å². The Balaban J connectivity index is 1.87. The lowest BCUT2D eigenvalue weighted by molar-refractivity contribution is -0.136. The van der Waals surface area contributed by atoms with Gasteiger partial charge in [0.15, 0.2) is 11.5 Å². The molecular weight excluding hydrogens is 436 g/mol. The Kier molecular flexibility index (Phi) is 6.88. The molecule has 2 aromatic carbocycles. The first-order valence-electron chi connectivity index (χ1n) is 11.3. The van der Waals surface area contributed by atoms with Crippen LogP contribution in [0.25, 0.3) is 0 Å². The molecule has 0 aromatic heterocycles. The Morgan fingerprint density at radius 2 is 1.76 bits per heavy atom. The largest absolute Gasteiger partial charge is 0.493 e. The normalized spacial score (nSPS) is 22.7. The molecule has 4 rings (SSSR count). The third-order valence-corrected chi connectivity index (χ3v) is 7.61. The summed E-state index contributed by atoms with van der Waals surface area (Å²) in [5.74, 6) is 0.894. The van der Waals surface area contributed by atoms with Gasteiger partial charge in [-0.25, -0.2) is 0 Å². The summed E-state index contributed by atoms with van der Waals surface area (Å²) in [6, 6.07) is 11.3. The van der Waals surface area contributed by atoms with Crippen molar-refractivity contribution in [3.63, 3.8) is 0 Å². The Morgan fingerprint density at radius 3 is 2.36 bits per heavy atom. The van der Waals surface area contributed by atoms with E-state index in [0.29, 0.717) is 28.5 Å². The van der Waals surface area contributed by atoms with Crippen LogP contribution in [0.15, 0.2) is 41.3 Å². The number of ether oxygens (including phenoxy) is 2. The van der Waals surface area contributed by atoms with E-state index in [1.165, 1.54) is 0 Å². The number of hydrogen-bond acceptors (Lipinski definition) is 5. The molecule has 0 radical (unpaired) electrons. The summed E-state index contributed by atoms with van der Waals surface area (Å²) in [5, 5.41) is 0. The summed E-state index contributed by atoms with van der Waals surface area (Å²) in [4.78, 5) is 32.4. The third-order valence-electron chi connectivity index (χ3n) is 6.87. The number of fused-ring (bicyclic) bond motifs is 1. The van der Waals surface area contributed by atoms with E-state index in [1.54, 1.807) is 44.0 Å². The molecule has 2 amide bonds. The fourth-order valence-corrected chi connectivity index (χ4v) is 5.53. The van der Waals surface area contributed by atoms with Gasteiger partial charge >= 0.3 is 0 Å². The molecule has 1 saturated heterocycles. The van der Waals surface area contributed by atoms with Crippen molar-refractivity contribution in [2.24, 2.45) is 5.92 Å². The summed E-state index contributed by atoms with van der Waals surface area (Å²) < 4.78 is 11.0. The lowest BCUT2D eigenvalue weighted by Gasteiger charge is -2.43. The zero-order valence-electron chi connectivity index (χ0n) is 20.0. The monoisotopic (exact) mass is 468 g/mol. The summed E-state index contributed by atoms with van der Waals surface area (Å²) >= 11 is 1.67. The van der Waals surface area contributed by atoms with Crippen molar-refractivity contribution in [1.82, 2.24) is 9.80 Å². The van der Waals surface area contributed by atoms with E-state index in [0.717, 1.165) is 36.4 Å². The highest BCUT2D eigenvalue weighted by molar-refractivity contribution is 7.98. The van der Waals surface area contributed by atoms with Gasteiger partial charge in [-0.3, -0.25) is 9.59 Å². The first kappa shape index (κ1) is 23.5. The number of thioether (sulfide) groups is 1. The minimum absolute atomic E-state index is 0.0633. The van der Waals surface area contributed by atoms with E-state index >= 15 is 0 Å². The summed E-state index contributed by atoms with van der Waals surface area (Å²) in [7, 11) is 4.91. The van der Waals surface area contributed by atoms with Gasteiger partial charge in [0.05, 0.1) is 26.2 Å². The number of nitrogens with zero attached hydrogens (tertiary/aromatic N) is 2. The second-order valence-corrected chi connectivity index (χ2v) is 9.82. The number of hydrogen-bond donors (Lipinski definition) is 0. The van der Waals surface area contributed by atoms with Gasteiger partial charge in [0.25, 0.3) is 5.91 Å². The first-order valence-corrected chi connectivity index (χ1v) is 12.6. The van der Waals surface area contributed by atoms with E-state index in [1.807, 2.05) is 41.5 Å². The van der Waals surface area contributed by atoms with Crippen LogP contribution in [0.1, 0.15) is 53.2 Å². The Morgan fingerprint density at radius 1 is 1.09 bits per heavy atom. The third kappa shape index (κ3) is 4.31. The molecule has 0 saturated carbocycles. The number of methoxy groups -OCH3 is 2. The lowest BCUT2D eigenvalue weighted by Crippen LogP contribution is -2.49. The molecule has 2 aliphatic heterocycles. The summed E-state index contributed by atoms with van der Waals surface area (Å²) in [5.41, 5.74) is 2.15. The van der Waals surface area contributed by atoms with Crippen LogP contribution in [0, 0.1) is 5.92 Å². The van der Waals surface area contributed by atoms with E-state index in [-0.39, 0.29) is 11.8 Å². The van der Waals surface area contributed by atoms with Crippen LogP contribution in [0.5, 0.6) is 11.5 Å². The SMILES string of the molecule is COc1cc2c(cc1OC)[C@H](C(=O)N1CCC[C@@H](C)C1)[C@@H](c1ccc(SC)cc1)N(C)C2=O. The number of likely N-dealkylation sites (tertiary alicyclic amines) is 1. The second-order valence-electron chi connectivity index (χ2n) is 8.94. The molecule has 7 heteroatoms. The van der Waals surface area contributed by atoms with Crippen molar-refractivity contribution in [2.75, 3.05) is 40.6 Å². The molecule has 176 valence electrons. The Hall–Kier alpha value is -2.67. The topological polar surface area (TPSA) is 59.1 Å². The van der Waals surface area contributed by atoms with Crippen molar-refractivity contribution < 1.29 is 19.1 Å². The predicted molar refractivity (Wildman–Crippen MR) is 130 cm³/mol. The van der Waals surface area contributed by atoms with Gasteiger partial charge in [0.2, 0.25) is 5.91 Å². The molecule has 0 unspecified atom stereocenters. The molecule has 0 spiro atoms. The summed E-state index contributed by atoms with van der Waals surface area (Å²) in [6.45, 7) is 3.68. The molecule has 2 heterocycles. The maximum Gasteiger partial charge on any atom is 0.254 e. The average Bonchev–Trinajstić information content (AvgIpc) is 2.85. The van der Waals surface area contributed by atoms with E-state index < -0.39 is 12.0 Å². The number of piperidine rings is 1. The number of carbonyl (C=O) groups excluding carboxylic acids is 2. The van der Waals surface area contributed by atoms with Crippen LogP contribution in [0.3, 0.4) is 0 Å². The predicted octanol–water partition coefficient (Wildman–Crippen LogP) is 4.59. The number of benzene rings is 2. The van der Waals surface area contributed by atoms with Gasteiger partial charge in [-0.05, 0) is 60.4 Å². The summed E-state index contributed by atoms with van der Waals surface area (Å²) in [6.07, 6.45) is 4.17. The quantitative estimate of drug-likeness (QED) is 0.601. The van der Waals surface area contributed by atoms with Crippen molar-refractivity contribution in [3.05, 3.63) is 53.1 Å². The molecule has 2 aromatic rings. The maximum atomic E-state index is 14.1. The second kappa shape index (κ2) is 9.67. The standard InChI is InChI=1S/C26H32N2O4S/c1-16-7-6-12-28(15-16)26(30)23-19-13-21(31-3)22(32-4)14-20(19)25(29)27(2)24(23)17-8-10-18(33-5)11-9-17/h8-11,13-14,16,23-24H,6-7,12,15H2,1-5H3/t16-,23+,24-/m1/s1. The van der Waals surface area contributed by atoms with Crippen LogP contribution in [-0.2, 0) is 4.79 Å². The molecule has 2 aliphatic rings. The van der Waals surface area contributed by atoms with Gasteiger partial charge in [0, 0.05) is 30.6 Å². The van der Waals surface area contributed by atoms with Crippen molar-refractivity contribution in [2.45, 2.75) is 36.6 Å². The smallest absolute Gasteiger partial charge is 0.254 e. The first-order chi connectivity index (χ1) is 15.9. The van der Waals surface area contributed by atoms with Crippen molar-refractivity contribution in [3.8, 4) is 11.5 Å². The number of carbonyl (C=O) groups is 2. The van der Waals surface area contributed by atoms with Crippen LogP contribution in [-0.4, -0.2) is 62.2 Å². The number of amides is 2. The highest BCUT2D eigenvalue weighted by Gasteiger charge is 2.45. The van der Waals surface area contributed by atoms with E-state index in [9.17, 15) is 9.59 Å². The zero-order valence-corrected chi connectivity index (χ0v) is 20.8. The van der Waals surface area contributed by atoms with Crippen LogP contribution >= 0.6 is 11.8 Å². The van der Waals surface area contributed by atoms with Gasteiger partial charge in [0.1, 0.15) is 0 Å². The molecule has 0 aliphatic carbocycles. The van der Waals surface area contributed by atoms with Gasteiger partial charge < -0.3 is 19.3 Å². The highest BCUT2D eigenvalue weighted by atomic mass is 32.2. The van der Waals surface area contributed by atoms with Gasteiger partial charge in [-0.1, -0.05) is 19.1 Å². The minimum Gasteiger partial charge on any atom is -0.493 e. The Bertz CT molecular complexity index is 1040. The molecule has 0 N–H and O–H groups in total. The van der Waals surface area contributed by atoms with Gasteiger partial charge in [-0.2, -0.15) is 0 Å². The molecule has 1 fully saturated rings. The van der Waals surface area contributed by atoms with Crippen molar-refractivity contribution in [1.29, 1.82) is 0 Å². The Labute approximate surface area is 200 Å². The minimum atomic E-state index is -0.520. The molecule has 0 bridgehead atoms. The maximum absolute atomic E-state index is 14.1. The van der Waals surface area contributed by atoms with E-state index in [2.05, 4.69) is 6.92 Å². The molecule has 3 atom stereocenters. The fraction of sp³-hybridized carbons (Fsp3) is 0.462. The average molecular weight is 469 g/mol. The highest BCUT2D eigenvalue weighted by Crippen LogP contribution is 2.46. The lowest BCUT2D eigenvalue weighted by atomic mass is 9.78. The van der Waals surface area contributed by atoms with Gasteiger partial charge in [-0.15, -0.1) is 11.8 Å². The number of rotatable bonds is 5. The molecule has 6 nitrogen and oxygen atoms in total. The molecular formula is C26H32N2O4S. The zero-order chi connectivity index (χ0) is 23.7. The van der Waals surface area contributed by atoms with Crippen LogP contribution in [0.4, 0.5) is 0 Å². The fourth-order valence-electron chi connectivity index (χ4n) is 5.12. The van der Waals surface area contributed by atoms with Crippen LogP contribution in [0.2, 0.25) is 0 Å². The molecule has 33 heavy (non-hydrogen) atoms. The van der Waals surface area contributed by atoms with Crippen LogP contribution < -0.4 is 9.47 Å².